The summed E-state index contributed by atoms with van der Waals surface area (Å²) in [5.41, 5.74) is 0. The lowest BCUT2D eigenvalue weighted by Gasteiger charge is -2.33. The van der Waals surface area contributed by atoms with Gasteiger partial charge in [-0.15, -0.1) is 11.6 Å². The molecule has 0 N–H and O–H groups in total. The molecule has 1 heterocycles. The Kier molecular flexibility index (Phi) is 4.31. The van der Waals surface area contributed by atoms with Crippen molar-refractivity contribution >= 4 is 37.6 Å². The number of hydrogen-bond donors (Lipinski definition) is 0. The maximum atomic E-state index is 12.3. The van der Waals surface area contributed by atoms with E-state index in [4.69, 9.17) is 11.6 Å². The lowest BCUT2D eigenvalue weighted by molar-refractivity contribution is 0.268. The molecule has 2 rings (SSSR count). The number of rotatable bonds is 4. The lowest BCUT2D eigenvalue weighted by atomic mass is 9.85. The van der Waals surface area contributed by atoms with Crippen LogP contribution in [0.5, 0.6) is 0 Å². The minimum absolute atomic E-state index is 0.207. The molecule has 0 atom stereocenters. The third-order valence-electron chi connectivity index (χ3n) is 3.08. The summed E-state index contributed by atoms with van der Waals surface area (Å²) in [6, 6.07) is 1.56. The molecule has 0 radical (unpaired) electrons. The number of nitrogens with zero attached hydrogens (tertiary/aromatic N) is 2. The third-order valence-corrected chi connectivity index (χ3v) is 5.66. The van der Waals surface area contributed by atoms with Crippen LogP contribution in [0, 0.1) is 5.92 Å². The Morgan fingerprint density at radius 1 is 1.50 bits per heavy atom. The monoisotopic (exact) mass is 352 g/mol. The molecule has 1 aliphatic rings. The van der Waals surface area contributed by atoms with Gasteiger partial charge >= 0.3 is 0 Å². The fourth-order valence-corrected chi connectivity index (χ4v) is 4.24. The van der Waals surface area contributed by atoms with E-state index in [9.17, 15) is 8.42 Å². The van der Waals surface area contributed by atoms with Gasteiger partial charge in [-0.2, -0.15) is 0 Å². The first-order valence-corrected chi connectivity index (χ1v) is 8.27. The summed E-state index contributed by atoms with van der Waals surface area (Å²) >= 11 is 9.12. The molecule has 1 aliphatic carbocycles. The minimum Gasteiger partial charge on any atom is -0.262 e. The molecule has 0 amide bonds. The van der Waals surface area contributed by atoms with Crippen molar-refractivity contribution in [3.05, 3.63) is 22.9 Å². The van der Waals surface area contributed by atoms with Crippen LogP contribution in [-0.2, 0) is 10.0 Å². The van der Waals surface area contributed by atoms with Gasteiger partial charge in [0.2, 0.25) is 10.0 Å². The van der Waals surface area contributed by atoms with Crippen molar-refractivity contribution in [2.45, 2.75) is 23.1 Å². The molecule has 0 aliphatic heterocycles. The fourth-order valence-electron chi connectivity index (χ4n) is 1.98. The molecule has 0 unspecified atom stereocenters. The number of pyridine rings is 1. The lowest BCUT2D eigenvalue weighted by Crippen LogP contribution is -2.37. The van der Waals surface area contributed by atoms with Crippen LogP contribution in [0.1, 0.15) is 12.8 Å². The highest BCUT2D eigenvalue weighted by atomic mass is 79.9. The molecular weight excluding hydrogens is 340 g/mol. The van der Waals surface area contributed by atoms with Crippen LogP contribution in [0.4, 0.5) is 0 Å². The smallest absolute Gasteiger partial charge is 0.244 e. The maximum absolute atomic E-state index is 12.3. The Morgan fingerprint density at radius 2 is 2.17 bits per heavy atom. The van der Waals surface area contributed by atoms with E-state index in [1.807, 2.05) is 0 Å². The van der Waals surface area contributed by atoms with Crippen molar-refractivity contribution in [1.29, 1.82) is 0 Å². The molecule has 100 valence electrons. The summed E-state index contributed by atoms with van der Waals surface area (Å²) in [4.78, 5) is 4.09. The number of hydrogen-bond acceptors (Lipinski definition) is 3. The minimum atomic E-state index is -3.45. The van der Waals surface area contributed by atoms with Crippen molar-refractivity contribution in [3.63, 3.8) is 0 Å². The van der Waals surface area contributed by atoms with E-state index in [1.165, 1.54) is 10.5 Å². The molecule has 1 saturated carbocycles. The number of aromatic nitrogens is 1. The first-order chi connectivity index (χ1) is 8.39. The summed E-state index contributed by atoms with van der Waals surface area (Å²) in [5.74, 6) is 0.368. The second-order valence-corrected chi connectivity index (χ2v) is 8.14. The van der Waals surface area contributed by atoms with E-state index in [0.29, 0.717) is 16.9 Å². The van der Waals surface area contributed by atoms with Crippen LogP contribution < -0.4 is 0 Å². The normalized spacial score (nSPS) is 24.0. The zero-order valence-corrected chi connectivity index (χ0v) is 13.0. The van der Waals surface area contributed by atoms with Crippen molar-refractivity contribution in [2.24, 2.45) is 5.92 Å². The van der Waals surface area contributed by atoms with Crippen LogP contribution in [-0.4, -0.2) is 36.7 Å². The maximum Gasteiger partial charge on any atom is 0.244 e. The van der Waals surface area contributed by atoms with Gasteiger partial charge in [-0.25, -0.2) is 12.7 Å². The summed E-state index contributed by atoms with van der Waals surface area (Å²) in [7, 11) is -1.86. The van der Waals surface area contributed by atoms with Crippen molar-refractivity contribution in [2.75, 3.05) is 13.6 Å². The zero-order chi connectivity index (χ0) is 13.3. The molecule has 7 heteroatoms. The number of halogens is 2. The average molecular weight is 354 g/mol. The highest BCUT2D eigenvalue weighted by Crippen LogP contribution is 2.33. The Balaban J connectivity index is 2.10. The zero-order valence-electron chi connectivity index (χ0n) is 9.88. The second-order valence-electron chi connectivity index (χ2n) is 4.56. The van der Waals surface area contributed by atoms with Crippen molar-refractivity contribution < 1.29 is 8.42 Å². The predicted molar refractivity (Wildman–Crippen MR) is 74.1 cm³/mol. The van der Waals surface area contributed by atoms with Crippen LogP contribution >= 0.6 is 27.5 Å². The van der Waals surface area contributed by atoms with E-state index in [1.54, 1.807) is 19.3 Å². The van der Waals surface area contributed by atoms with Gasteiger partial charge in [0.15, 0.2) is 0 Å². The SMILES string of the molecule is CN(CC1CC(Cl)C1)S(=O)(=O)c1cncc(Br)c1. The van der Waals surface area contributed by atoms with Gasteiger partial charge in [0.05, 0.1) is 0 Å². The highest BCUT2D eigenvalue weighted by molar-refractivity contribution is 9.10. The highest BCUT2D eigenvalue weighted by Gasteiger charge is 2.31. The largest absolute Gasteiger partial charge is 0.262 e. The first-order valence-electron chi connectivity index (χ1n) is 5.60. The molecule has 1 aromatic heterocycles. The van der Waals surface area contributed by atoms with Crippen LogP contribution in [0.25, 0.3) is 0 Å². The van der Waals surface area contributed by atoms with Crippen LogP contribution in [0.2, 0.25) is 0 Å². The van der Waals surface area contributed by atoms with Gasteiger partial charge < -0.3 is 0 Å². The third kappa shape index (κ3) is 3.04. The molecule has 0 bridgehead atoms. The molecule has 0 saturated heterocycles. The number of sulfonamides is 1. The molecule has 0 aromatic carbocycles. The fraction of sp³-hybridized carbons (Fsp3) is 0.545. The summed E-state index contributed by atoms with van der Waals surface area (Å²) in [5, 5.41) is 0.207. The number of alkyl halides is 1. The van der Waals surface area contributed by atoms with Crippen LogP contribution in [0.3, 0.4) is 0 Å². The van der Waals surface area contributed by atoms with E-state index >= 15 is 0 Å². The molecule has 4 nitrogen and oxygen atoms in total. The Bertz CT molecular complexity index is 532. The van der Waals surface area contributed by atoms with E-state index < -0.39 is 10.0 Å². The Morgan fingerprint density at radius 3 is 2.72 bits per heavy atom. The van der Waals surface area contributed by atoms with Gasteiger partial charge in [0.1, 0.15) is 4.90 Å². The van der Waals surface area contributed by atoms with Gasteiger partial charge in [-0.05, 0) is 40.8 Å². The molecular formula is C11H14BrClN2O2S. The molecule has 1 fully saturated rings. The van der Waals surface area contributed by atoms with Crippen LogP contribution in [0.15, 0.2) is 27.8 Å². The Hall–Kier alpha value is -0.170. The Labute approximate surface area is 121 Å². The standard InChI is InChI=1S/C11H14BrClN2O2S/c1-15(7-8-2-10(13)3-8)18(16,17)11-4-9(12)5-14-6-11/h4-6,8,10H,2-3,7H2,1H3. The molecule has 0 spiro atoms. The molecule has 18 heavy (non-hydrogen) atoms. The van der Waals surface area contributed by atoms with Gasteiger partial charge in [-0.1, -0.05) is 0 Å². The second kappa shape index (κ2) is 5.45. The topological polar surface area (TPSA) is 50.3 Å². The van der Waals surface area contributed by atoms with Crippen molar-refractivity contribution in [3.8, 4) is 0 Å². The summed E-state index contributed by atoms with van der Waals surface area (Å²) in [6.07, 6.45) is 4.70. The predicted octanol–water partition coefficient (Wildman–Crippen LogP) is 2.48. The van der Waals surface area contributed by atoms with E-state index in [2.05, 4.69) is 20.9 Å². The quantitative estimate of drug-likeness (QED) is 0.781. The van der Waals surface area contributed by atoms with Crippen molar-refractivity contribution in [1.82, 2.24) is 9.29 Å². The van der Waals surface area contributed by atoms with Gasteiger partial charge in [-0.3, -0.25) is 4.98 Å². The molecule has 1 aromatic rings. The summed E-state index contributed by atoms with van der Waals surface area (Å²) in [6.45, 7) is 0.512. The van der Waals surface area contributed by atoms with Gasteiger partial charge in [0, 0.05) is 35.8 Å². The van der Waals surface area contributed by atoms with E-state index in [0.717, 1.165) is 12.8 Å². The average Bonchev–Trinajstić information content (AvgIpc) is 2.26. The summed E-state index contributed by atoms with van der Waals surface area (Å²) < 4.78 is 26.6. The van der Waals surface area contributed by atoms with Gasteiger partial charge in [0.25, 0.3) is 0 Å². The first kappa shape index (κ1) is 14.2. The van der Waals surface area contributed by atoms with E-state index in [-0.39, 0.29) is 10.3 Å².